The predicted octanol–water partition coefficient (Wildman–Crippen LogP) is 4.16. The summed E-state index contributed by atoms with van der Waals surface area (Å²) in [5, 5.41) is 0. The SMILES string of the molecule is CCCCCN(C(=O)c1cc(S)ccc1F)C(C)C. The van der Waals surface area contributed by atoms with E-state index in [0.717, 1.165) is 19.3 Å². The van der Waals surface area contributed by atoms with E-state index in [4.69, 9.17) is 0 Å². The van der Waals surface area contributed by atoms with Crippen LogP contribution in [0.15, 0.2) is 23.1 Å². The summed E-state index contributed by atoms with van der Waals surface area (Å²) in [4.78, 5) is 14.7. The average molecular weight is 283 g/mol. The van der Waals surface area contributed by atoms with Gasteiger partial charge >= 0.3 is 0 Å². The molecule has 4 heteroatoms. The molecule has 0 saturated carbocycles. The van der Waals surface area contributed by atoms with Gasteiger partial charge in [-0.2, -0.15) is 0 Å². The molecule has 1 aromatic carbocycles. The molecule has 0 radical (unpaired) electrons. The van der Waals surface area contributed by atoms with Crippen molar-refractivity contribution >= 4 is 18.5 Å². The average Bonchev–Trinajstić information content (AvgIpc) is 2.36. The Balaban J connectivity index is 2.89. The first-order valence-corrected chi connectivity index (χ1v) is 7.21. The third kappa shape index (κ3) is 4.53. The van der Waals surface area contributed by atoms with Gasteiger partial charge in [0, 0.05) is 17.5 Å². The molecule has 0 aliphatic rings. The molecule has 1 amide bonds. The van der Waals surface area contributed by atoms with Gasteiger partial charge in [0.2, 0.25) is 0 Å². The highest BCUT2D eigenvalue weighted by molar-refractivity contribution is 7.80. The zero-order valence-electron chi connectivity index (χ0n) is 11.8. The van der Waals surface area contributed by atoms with Crippen molar-refractivity contribution in [1.82, 2.24) is 4.90 Å². The highest BCUT2D eigenvalue weighted by atomic mass is 32.1. The number of carbonyl (C=O) groups is 1. The molecule has 0 N–H and O–H groups in total. The summed E-state index contributed by atoms with van der Waals surface area (Å²) in [7, 11) is 0. The topological polar surface area (TPSA) is 20.3 Å². The van der Waals surface area contributed by atoms with Gasteiger partial charge in [-0.1, -0.05) is 19.8 Å². The Hall–Kier alpha value is -1.03. The Bertz CT molecular complexity index is 434. The van der Waals surface area contributed by atoms with E-state index in [1.807, 2.05) is 13.8 Å². The normalized spacial score (nSPS) is 10.8. The van der Waals surface area contributed by atoms with E-state index in [1.165, 1.54) is 12.1 Å². The fourth-order valence-corrected chi connectivity index (χ4v) is 2.16. The Labute approximate surface area is 120 Å². The van der Waals surface area contributed by atoms with E-state index in [2.05, 4.69) is 19.6 Å². The summed E-state index contributed by atoms with van der Waals surface area (Å²) in [6.07, 6.45) is 3.12. The lowest BCUT2D eigenvalue weighted by Gasteiger charge is -2.27. The van der Waals surface area contributed by atoms with Gasteiger partial charge in [0.15, 0.2) is 0 Å². The van der Waals surface area contributed by atoms with E-state index >= 15 is 0 Å². The first kappa shape index (κ1) is 16.0. The molecule has 0 fully saturated rings. The predicted molar refractivity (Wildman–Crippen MR) is 79.3 cm³/mol. The summed E-state index contributed by atoms with van der Waals surface area (Å²) in [6, 6.07) is 4.40. The van der Waals surface area contributed by atoms with Gasteiger partial charge in [0.25, 0.3) is 5.91 Å². The van der Waals surface area contributed by atoms with Crippen molar-refractivity contribution in [1.29, 1.82) is 0 Å². The van der Waals surface area contributed by atoms with Crippen LogP contribution in [0.4, 0.5) is 4.39 Å². The van der Waals surface area contributed by atoms with Gasteiger partial charge in [-0.3, -0.25) is 4.79 Å². The highest BCUT2D eigenvalue weighted by Crippen LogP contribution is 2.17. The quantitative estimate of drug-likeness (QED) is 0.614. The molecule has 0 spiro atoms. The number of unbranched alkanes of at least 4 members (excludes halogenated alkanes) is 2. The first-order chi connectivity index (χ1) is 8.97. The van der Waals surface area contributed by atoms with Gasteiger partial charge in [0.05, 0.1) is 5.56 Å². The van der Waals surface area contributed by atoms with Crippen LogP contribution in [0.2, 0.25) is 0 Å². The Morgan fingerprint density at radius 2 is 2.05 bits per heavy atom. The lowest BCUT2D eigenvalue weighted by Crippen LogP contribution is -2.38. The minimum absolute atomic E-state index is 0.0623. The van der Waals surface area contributed by atoms with Crippen LogP contribution in [0.5, 0.6) is 0 Å². The number of hydrogen-bond donors (Lipinski definition) is 1. The molecule has 0 heterocycles. The monoisotopic (exact) mass is 283 g/mol. The number of benzene rings is 1. The van der Waals surface area contributed by atoms with Crippen molar-refractivity contribution in [3.63, 3.8) is 0 Å². The van der Waals surface area contributed by atoms with Crippen molar-refractivity contribution in [2.75, 3.05) is 6.54 Å². The molecular formula is C15H22FNOS. The number of rotatable bonds is 6. The standard InChI is InChI=1S/C15H22FNOS/c1-4-5-6-9-17(11(2)3)15(18)13-10-12(19)7-8-14(13)16/h7-8,10-11,19H,4-6,9H2,1-3H3. The van der Waals surface area contributed by atoms with E-state index in [-0.39, 0.29) is 17.5 Å². The molecule has 0 aromatic heterocycles. The molecule has 1 rings (SSSR count). The Kier molecular flexibility index (Phi) is 6.35. The molecule has 0 bridgehead atoms. The minimum atomic E-state index is -0.482. The fraction of sp³-hybridized carbons (Fsp3) is 0.533. The molecule has 0 aliphatic heterocycles. The molecule has 0 unspecified atom stereocenters. The van der Waals surface area contributed by atoms with Gasteiger partial charge in [0.1, 0.15) is 5.82 Å². The number of halogens is 1. The van der Waals surface area contributed by atoms with Crippen molar-refractivity contribution in [2.45, 2.75) is 51.0 Å². The van der Waals surface area contributed by atoms with Crippen molar-refractivity contribution in [3.05, 3.63) is 29.6 Å². The molecule has 0 aliphatic carbocycles. The van der Waals surface area contributed by atoms with Crippen LogP contribution in [0.1, 0.15) is 50.4 Å². The van der Waals surface area contributed by atoms with Crippen LogP contribution in [-0.4, -0.2) is 23.4 Å². The van der Waals surface area contributed by atoms with Crippen LogP contribution in [0.3, 0.4) is 0 Å². The molecule has 0 saturated heterocycles. The summed E-state index contributed by atoms with van der Waals surface area (Å²) in [5.74, 6) is -0.733. The lowest BCUT2D eigenvalue weighted by atomic mass is 10.1. The maximum atomic E-state index is 13.8. The number of thiol groups is 1. The van der Waals surface area contributed by atoms with Crippen LogP contribution >= 0.6 is 12.6 Å². The third-order valence-electron chi connectivity index (χ3n) is 3.07. The number of hydrogen-bond acceptors (Lipinski definition) is 2. The molecule has 106 valence electrons. The van der Waals surface area contributed by atoms with Crippen LogP contribution < -0.4 is 0 Å². The molecule has 2 nitrogen and oxygen atoms in total. The fourth-order valence-electron chi connectivity index (χ4n) is 1.96. The largest absolute Gasteiger partial charge is 0.336 e. The van der Waals surface area contributed by atoms with E-state index in [0.29, 0.717) is 11.4 Å². The second-order valence-corrected chi connectivity index (χ2v) is 5.48. The van der Waals surface area contributed by atoms with Crippen LogP contribution in [0, 0.1) is 5.82 Å². The minimum Gasteiger partial charge on any atom is -0.336 e. The molecule has 0 atom stereocenters. The first-order valence-electron chi connectivity index (χ1n) is 6.76. The van der Waals surface area contributed by atoms with E-state index in [9.17, 15) is 9.18 Å². The summed E-state index contributed by atoms with van der Waals surface area (Å²) in [6.45, 7) is 6.69. The zero-order valence-corrected chi connectivity index (χ0v) is 12.7. The maximum absolute atomic E-state index is 13.8. The van der Waals surface area contributed by atoms with Crippen LogP contribution in [0.25, 0.3) is 0 Å². The molecule has 19 heavy (non-hydrogen) atoms. The van der Waals surface area contributed by atoms with Crippen molar-refractivity contribution < 1.29 is 9.18 Å². The van der Waals surface area contributed by atoms with Gasteiger partial charge in [-0.25, -0.2) is 4.39 Å². The van der Waals surface area contributed by atoms with Crippen molar-refractivity contribution in [2.24, 2.45) is 0 Å². The molecular weight excluding hydrogens is 261 g/mol. The summed E-state index contributed by atoms with van der Waals surface area (Å²) < 4.78 is 13.8. The summed E-state index contributed by atoms with van der Waals surface area (Å²) >= 11 is 4.16. The Morgan fingerprint density at radius 3 is 2.63 bits per heavy atom. The van der Waals surface area contributed by atoms with Gasteiger partial charge < -0.3 is 4.90 Å². The second kappa shape index (κ2) is 7.53. The number of amides is 1. The van der Waals surface area contributed by atoms with Crippen molar-refractivity contribution in [3.8, 4) is 0 Å². The van der Waals surface area contributed by atoms with E-state index < -0.39 is 5.82 Å². The lowest BCUT2D eigenvalue weighted by molar-refractivity contribution is 0.0697. The van der Waals surface area contributed by atoms with E-state index in [1.54, 1.807) is 11.0 Å². The molecule has 1 aromatic rings. The smallest absolute Gasteiger partial charge is 0.257 e. The van der Waals surface area contributed by atoms with Gasteiger partial charge in [-0.15, -0.1) is 12.6 Å². The van der Waals surface area contributed by atoms with Gasteiger partial charge in [-0.05, 0) is 38.5 Å². The Morgan fingerprint density at radius 1 is 1.37 bits per heavy atom. The van der Waals surface area contributed by atoms with Crippen LogP contribution in [-0.2, 0) is 0 Å². The number of nitrogens with zero attached hydrogens (tertiary/aromatic N) is 1. The second-order valence-electron chi connectivity index (χ2n) is 4.96. The number of carbonyl (C=O) groups excluding carboxylic acids is 1. The zero-order chi connectivity index (χ0) is 14.4. The third-order valence-corrected chi connectivity index (χ3v) is 3.35. The summed E-state index contributed by atoms with van der Waals surface area (Å²) in [5.41, 5.74) is 0.109. The maximum Gasteiger partial charge on any atom is 0.257 e. The highest BCUT2D eigenvalue weighted by Gasteiger charge is 2.21.